The molecule has 0 aliphatic carbocycles. The van der Waals surface area contributed by atoms with E-state index in [1.165, 1.54) is 11.8 Å². The van der Waals surface area contributed by atoms with Crippen LogP contribution in [0.2, 0.25) is 0 Å². The Morgan fingerprint density at radius 2 is 2.17 bits per heavy atom. The fourth-order valence-corrected chi connectivity index (χ4v) is 1.86. The van der Waals surface area contributed by atoms with E-state index in [4.69, 9.17) is 0 Å². The van der Waals surface area contributed by atoms with E-state index in [1.807, 2.05) is 27.3 Å². The quantitative estimate of drug-likeness (QED) is 0.477. The van der Waals surface area contributed by atoms with Crippen molar-refractivity contribution in [3.8, 4) is 0 Å². The summed E-state index contributed by atoms with van der Waals surface area (Å²) in [6, 6.07) is 1.71. The number of thioether (sulfide) groups is 1. The minimum atomic E-state index is -0.130. The molecule has 5 nitrogen and oxygen atoms in total. The molecule has 18 heavy (non-hydrogen) atoms. The normalized spacial score (nSPS) is 10.7. The molecule has 0 bridgehead atoms. The number of carbonyl (C=O) groups excluding carboxylic acids is 1. The molecule has 100 valence electrons. The van der Waals surface area contributed by atoms with Crippen molar-refractivity contribution in [3.05, 3.63) is 17.5 Å². The summed E-state index contributed by atoms with van der Waals surface area (Å²) in [5, 5.41) is 3.50. The second-order valence-corrected chi connectivity index (χ2v) is 5.07. The lowest BCUT2D eigenvalue weighted by molar-refractivity contribution is 0.0946. The molecule has 1 N–H and O–H groups in total. The van der Waals surface area contributed by atoms with Gasteiger partial charge >= 0.3 is 0 Å². The molecule has 0 spiro atoms. The van der Waals surface area contributed by atoms with Crippen LogP contribution in [0.5, 0.6) is 0 Å². The Bertz CT molecular complexity index is 409. The molecule has 1 aromatic heterocycles. The second kappa shape index (κ2) is 7.33. The van der Waals surface area contributed by atoms with Gasteiger partial charge in [0.05, 0.1) is 0 Å². The monoisotopic (exact) mass is 268 g/mol. The van der Waals surface area contributed by atoms with Crippen LogP contribution in [0.15, 0.2) is 11.2 Å². The van der Waals surface area contributed by atoms with Gasteiger partial charge in [-0.3, -0.25) is 4.79 Å². The van der Waals surface area contributed by atoms with Gasteiger partial charge in [0.1, 0.15) is 5.69 Å². The highest BCUT2D eigenvalue weighted by atomic mass is 32.2. The highest BCUT2D eigenvalue weighted by Crippen LogP contribution is 2.10. The Hall–Kier alpha value is -1.14. The third-order valence-electron chi connectivity index (χ3n) is 2.32. The SMILES string of the molecule is CSc1nc(C)cc(C(=O)NCCCN(C)C)n1. The van der Waals surface area contributed by atoms with Crippen molar-refractivity contribution in [1.29, 1.82) is 0 Å². The molecule has 0 saturated heterocycles. The number of hydrogen-bond acceptors (Lipinski definition) is 5. The summed E-state index contributed by atoms with van der Waals surface area (Å²) in [7, 11) is 4.03. The highest BCUT2D eigenvalue weighted by molar-refractivity contribution is 7.98. The maximum absolute atomic E-state index is 11.9. The smallest absolute Gasteiger partial charge is 0.270 e. The molecule has 0 fully saturated rings. The Morgan fingerprint density at radius 3 is 2.78 bits per heavy atom. The number of carbonyl (C=O) groups is 1. The van der Waals surface area contributed by atoms with E-state index in [0.717, 1.165) is 18.7 Å². The van der Waals surface area contributed by atoms with Gasteiger partial charge in [0.25, 0.3) is 5.91 Å². The molecule has 0 unspecified atom stereocenters. The Labute approximate surface area is 112 Å². The van der Waals surface area contributed by atoms with Crippen molar-refractivity contribution >= 4 is 17.7 Å². The van der Waals surface area contributed by atoms with Crippen molar-refractivity contribution in [2.24, 2.45) is 0 Å². The average molecular weight is 268 g/mol. The molecule has 1 heterocycles. The van der Waals surface area contributed by atoms with Crippen molar-refractivity contribution < 1.29 is 4.79 Å². The molecule has 1 amide bonds. The van der Waals surface area contributed by atoms with Gasteiger partial charge in [0.2, 0.25) is 0 Å². The summed E-state index contributed by atoms with van der Waals surface area (Å²) in [5.41, 5.74) is 1.25. The van der Waals surface area contributed by atoms with E-state index < -0.39 is 0 Å². The third-order valence-corrected chi connectivity index (χ3v) is 2.86. The van der Waals surface area contributed by atoms with Gasteiger partial charge < -0.3 is 10.2 Å². The zero-order valence-corrected chi connectivity index (χ0v) is 12.2. The number of aryl methyl sites for hydroxylation is 1. The van der Waals surface area contributed by atoms with Crippen LogP contribution in [0, 0.1) is 6.92 Å². The second-order valence-electron chi connectivity index (χ2n) is 4.29. The van der Waals surface area contributed by atoms with Crippen molar-refractivity contribution in [1.82, 2.24) is 20.2 Å². The fraction of sp³-hybridized carbons (Fsp3) is 0.583. The molecular weight excluding hydrogens is 248 g/mol. The van der Waals surface area contributed by atoms with Crippen LogP contribution in [0.3, 0.4) is 0 Å². The van der Waals surface area contributed by atoms with Gasteiger partial charge in [0.15, 0.2) is 5.16 Å². The minimum absolute atomic E-state index is 0.130. The van der Waals surface area contributed by atoms with Gasteiger partial charge in [-0.25, -0.2) is 9.97 Å². The van der Waals surface area contributed by atoms with Crippen LogP contribution < -0.4 is 5.32 Å². The summed E-state index contributed by atoms with van der Waals surface area (Å²) >= 11 is 1.44. The first-order valence-electron chi connectivity index (χ1n) is 5.85. The molecule has 0 atom stereocenters. The third kappa shape index (κ3) is 5.01. The van der Waals surface area contributed by atoms with Gasteiger partial charge in [-0.05, 0) is 46.3 Å². The molecule has 0 aliphatic rings. The van der Waals surface area contributed by atoms with E-state index in [0.29, 0.717) is 17.4 Å². The average Bonchev–Trinajstić information content (AvgIpc) is 2.33. The molecule has 1 rings (SSSR count). The molecule has 6 heteroatoms. The highest BCUT2D eigenvalue weighted by Gasteiger charge is 2.09. The lowest BCUT2D eigenvalue weighted by Crippen LogP contribution is -2.28. The predicted octanol–water partition coefficient (Wildman–Crippen LogP) is 1.19. The van der Waals surface area contributed by atoms with E-state index >= 15 is 0 Å². The minimum Gasteiger partial charge on any atom is -0.351 e. The lowest BCUT2D eigenvalue weighted by atomic mass is 10.3. The summed E-state index contributed by atoms with van der Waals surface area (Å²) in [6.45, 7) is 3.48. The molecule has 1 aromatic rings. The predicted molar refractivity (Wildman–Crippen MR) is 74.1 cm³/mol. The molecular formula is C12H20N4OS. The standard InChI is InChI=1S/C12H20N4OS/c1-9-8-10(15-12(14-9)18-4)11(17)13-6-5-7-16(2)3/h8H,5-7H2,1-4H3,(H,13,17). The largest absolute Gasteiger partial charge is 0.351 e. The number of nitrogens with one attached hydrogen (secondary N) is 1. The number of aromatic nitrogens is 2. The van der Waals surface area contributed by atoms with Gasteiger partial charge in [-0.15, -0.1) is 0 Å². The van der Waals surface area contributed by atoms with Crippen LogP contribution in [0.1, 0.15) is 22.6 Å². The molecule has 0 aliphatic heterocycles. The van der Waals surface area contributed by atoms with Crippen LogP contribution in [0.4, 0.5) is 0 Å². The number of rotatable bonds is 6. The summed E-state index contributed by atoms with van der Waals surface area (Å²) < 4.78 is 0. The first kappa shape index (κ1) is 14.9. The van der Waals surface area contributed by atoms with Gasteiger partial charge in [-0.1, -0.05) is 11.8 Å². The van der Waals surface area contributed by atoms with Crippen LogP contribution in [0.25, 0.3) is 0 Å². The number of hydrogen-bond donors (Lipinski definition) is 1. The summed E-state index contributed by atoms with van der Waals surface area (Å²) in [6.07, 6.45) is 2.83. The first-order chi connectivity index (χ1) is 8.52. The van der Waals surface area contributed by atoms with E-state index in [9.17, 15) is 4.79 Å². The maximum atomic E-state index is 11.9. The Morgan fingerprint density at radius 1 is 1.44 bits per heavy atom. The Kier molecular flexibility index (Phi) is 6.07. The van der Waals surface area contributed by atoms with Crippen molar-refractivity contribution in [2.45, 2.75) is 18.5 Å². The number of amides is 1. The summed E-state index contributed by atoms with van der Waals surface area (Å²) in [4.78, 5) is 22.4. The van der Waals surface area contributed by atoms with E-state index in [2.05, 4.69) is 20.2 Å². The van der Waals surface area contributed by atoms with E-state index in [1.54, 1.807) is 6.07 Å². The fourth-order valence-electron chi connectivity index (χ4n) is 1.44. The van der Waals surface area contributed by atoms with Crippen molar-refractivity contribution in [3.63, 3.8) is 0 Å². The number of nitrogens with zero attached hydrogens (tertiary/aromatic N) is 3. The molecule has 0 radical (unpaired) electrons. The Balaban J connectivity index is 2.53. The summed E-state index contributed by atoms with van der Waals surface area (Å²) in [5.74, 6) is -0.130. The van der Waals surface area contributed by atoms with Crippen LogP contribution in [-0.4, -0.2) is 54.2 Å². The molecule has 0 aromatic carbocycles. The first-order valence-corrected chi connectivity index (χ1v) is 7.08. The van der Waals surface area contributed by atoms with Crippen LogP contribution in [-0.2, 0) is 0 Å². The zero-order valence-electron chi connectivity index (χ0n) is 11.4. The van der Waals surface area contributed by atoms with Gasteiger partial charge in [0, 0.05) is 12.2 Å². The van der Waals surface area contributed by atoms with E-state index in [-0.39, 0.29) is 5.91 Å². The zero-order chi connectivity index (χ0) is 13.5. The van der Waals surface area contributed by atoms with Gasteiger partial charge in [-0.2, -0.15) is 0 Å². The molecule has 0 saturated carbocycles. The maximum Gasteiger partial charge on any atom is 0.270 e. The lowest BCUT2D eigenvalue weighted by Gasteiger charge is -2.10. The topological polar surface area (TPSA) is 58.1 Å². The van der Waals surface area contributed by atoms with Crippen LogP contribution >= 0.6 is 11.8 Å². The van der Waals surface area contributed by atoms with Crippen molar-refractivity contribution in [2.75, 3.05) is 33.4 Å².